The summed E-state index contributed by atoms with van der Waals surface area (Å²) in [6.45, 7) is 1.28. The summed E-state index contributed by atoms with van der Waals surface area (Å²) in [5, 5.41) is 11.1. The topological polar surface area (TPSA) is 115 Å². The molecule has 9 heteroatoms. The predicted octanol–water partition coefficient (Wildman–Crippen LogP) is 1.59. The number of nitro groups is 1. The number of nitrogens with two attached hydrogens (primary N) is 1. The van der Waals surface area contributed by atoms with Gasteiger partial charge in [0.15, 0.2) is 0 Å². The first-order chi connectivity index (χ1) is 11.4. The van der Waals surface area contributed by atoms with Gasteiger partial charge in [-0.2, -0.15) is 0 Å². The van der Waals surface area contributed by atoms with E-state index in [0.29, 0.717) is 37.3 Å². The maximum atomic E-state index is 11.1. The third-order valence-corrected chi connectivity index (χ3v) is 3.70. The van der Waals surface area contributed by atoms with E-state index in [0.717, 1.165) is 0 Å². The Balaban J connectivity index is 2.15. The summed E-state index contributed by atoms with van der Waals surface area (Å²) >= 11 is 0. The molecule has 0 unspecified atom stereocenters. The third-order valence-electron chi connectivity index (χ3n) is 3.70. The van der Waals surface area contributed by atoms with Gasteiger partial charge in [-0.25, -0.2) is 9.78 Å². The number of nitrogens with zero attached hydrogens (tertiary/aromatic N) is 4. The lowest BCUT2D eigenvalue weighted by atomic mass is 10.1. The molecule has 0 spiro atoms. The van der Waals surface area contributed by atoms with E-state index >= 15 is 0 Å². The van der Waals surface area contributed by atoms with Crippen molar-refractivity contribution >= 4 is 23.7 Å². The minimum Gasteiger partial charge on any atom is -0.446 e. The van der Waals surface area contributed by atoms with Crippen LogP contribution < -0.4 is 10.6 Å². The first kappa shape index (κ1) is 17.5. The molecular formula is C15H21N5O4. The summed E-state index contributed by atoms with van der Waals surface area (Å²) in [5.74, 6) is 0.663. The fourth-order valence-corrected chi connectivity index (χ4v) is 2.51. The smallest absolute Gasteiger partial charge is 0.404 e. The molecule has 1 aliphatic heterocycles. The average Bonchev–Trinajstić information content (AvgIpc) is 2.52. The fraction of sp³-hybridized carbons (Fsp3) is 0.467. The zero-order chi connectivity index (χ0) is 17.7. The van der Waals surface area contributed by atoms with Crippen LogP contribution in [0.25, 0.3) is 6.08 Å². The second-order valence-corrected chi connectivity index (χ2v) is 5.76. The van der Waals surface area contributed by atoms with Gasteiger partial charge in [-0.15, -0.1) is 0 Å². The van der Waals surface area contributed by atoms with Crippen LogP contribution in [-0.2, 0) is 4.74 Å². The SMILES string of the molecule is CN(C)C=Cc1cc(N2CCC(OC(N)=O)CC2)ncc1[N+](=O)[O-]. The number of primary amides is 1. The highest BCUT2D eigenvalue weighted by Crippen LogP contribution is 2.26. The van der Waals surface area contributed by atoms with Crippen molar-refractivity contribution in [1.82, 2.24) is 9.88 Å². The van der Waals surface area contributed by atoms with Crippen molar-refractivity contribution in [2.45, 2.75) is 18.9 Å². The molecule has 0 aliphatic carbocycles. The molecule has 1 aromatic rings. The van der Waals surface area contributed by atoms with E-state index in [2.05, 4.69) is 4.98 Å². The van der Waals surface area contributed by atoms with Gasteiger partial charge in [0.05, 0.1) is 10.5 Å². The Kier molecular flexibility index (Phi) is 5.56. The van der Waals surface area contributed by atoms with Crippen LogP contribution in [0.15, 0.2) is 18.5 Å². The molecule has 130 valence electrons. The Hall–Kier alpha value is -2.84. The molecule has 1 aliphatic rings. The molecule has 2 heterocycles. The first-order valence-electron chi connectivity index (χ1n) is 7.57. The molecular weight excluding hydrogens is 314 g/mol. The molecule has 1 saturated heterocycles. The van der Waals surface area contributed by atoms with Gasteiger partial charge in [-0.1, -0.05) is 0 Å². The van der Waals surface area contributed by atoms with Crippen molar-refractivity contribution in [2.24, 2.45) is 5.73 Å². The van der Waals surface area contributed by atoms with Gasteiger partial charge in [0.25, 0.3) is 5.69 Å². The van der Waals surface area contributed by atoms with E-state index < -0.39 is 11.0 Å². The predicted molar refractivity (Wildman–Crippen MR) is 89.5 cm³/mol. The highest BCUT2D eigenvalue weighted by atomic mass is 16.6. The summed E-state index contributed by atoms with van der Waals surface area (Å²) in [4.78, 5) is 29.5. The van der Waals surface area contributed by atoms with Crippen LogP contribution in [0.5, 0.6) is 0 Å². The molecule has 0 bridgehead atoms. The lowest BCUT2D eigenvalue weighted by Gasteiger charge is -2.32. The number of carbonyl (C=O) groups is 1. The van der Waals surface area contributed by atoms with Crippen LogP contribution in [0, 0.1) is 10.1 Å². The Morgan fingerprint density at radius 3 is 2.71 bits per heavy atom. The molecule has 24 heavy (non-hydrogen) atoms. The summed E-state index contributed by atoms with van der Waals surface area (Å²) in [6, 6.07) is 1.70. The van der Waals surface area contributed by atoms with Crippen molar-refractivity contribution in [3.63, 3.8) is 0 Å². The molecule has 9 nitrogen and oxygen atoms in total. The largest absolute Gasteiger partial charge is 0.446 e. The number of aromatic nitrogens is 1. The molecule has 0 atom stereocenters. The molecule has 1 aromatic heterocycles. The normalized spacial score (nSPS) is 15.5. The lowest BCUT2D eigenvalue weighted by molar-refractivity contribution is -0.385. The zero-order valence-electron chi connectivity index (χ0n) is 13.7. The molecule has 1 amide bonds. The summed E-state index contributed by atoms with van der Waals surface area (Å²) < 4.78 is 5.00. The Morgan fingerprint density at radius 2 is 2.17 bits per heavy atom. The summed E-state index contributed by atoms with van der Waals surface area (Å²) in [6.07, 6.45) is 5.04. The van der Waals surface area contributed by atoms with Gasteiger partial charge in [-0.05, 0) is 18.3 Å². The number of rotatable bonds is 5. The molecule has 2 rings (SSSR count). The quantitative estimate of drug-likeness (QED) is 0.641. The lowest BCUT2D eigenvalue weighted by Crippen LogP contribution is -2.39. The van der Waals surface area contributed by atoms with Crippen molar-refractivity contribution in [3.05, 3.63) is 34.1 Å². The zero-order valence-corrected chi connectivity index (χ0v) is 13.7. The number of hydrogen-bond donors (Lipinski definition) is 1. The minimum atomic E-state index is -0.766. The number of ether oxygens (including phenoxy) is 1. The minimum absolute atomic E-state index is 0.0382. The molecule has 1 fully saturated rings. The van der Waals surface area contributed by atoms with Gasteiger partial charge < -0.3 is 20.3 Å². The number of amides is 1. The highest BCUT2D eigenvalue weighted by molar-refractivity contribution is 5.65. The standard InChI is InChI=1S/C15H21N5O4/c1-18(2)6-3-11-9-14(17-10-13(11)20(22)23)19-7-4-12(5-8-19)24-15(16)21/h3,6,9-10,12H,4-5,7-8H2,1-2H3,(H2,16,21). The van der Waals surface area contributed by atoms with Crippen molar-refractivity contribution in [1.29, 1.82) is 0 Å². The maximum absolute atomic E-state index is 11.1. The van der Waals surface area contributed by atoms with E-state index in [-0.39, 0.29) is 11.8 Å². The van der Waals surface area contributed by atoms with Crippen LogP contribution in [0.4, 0.5) is 16.3 Å². The Bertz CT molecular complexity index is 639. The number of hydrogen-bond acceptors (Lipinski definition) is 7. The number of pyridine rings is 1. The second kappa shape index (κ2) is 7.62. The summed E-state index contributed by atoms with van der Waals surface area (Å²) in [7, 11) is 3.68. The molecule has 0 aromatic carbocycles. The number of anilines is 1. The van der Waals surface area contributed by atoms with Crippen LogP contribution >= 0.6 is 0 Å². The summed E-state index contributed by atoms with van der Waals surface area (Å²) in [5.41, 5.74) is 5.49. The van der Waals surface area contributed by atoms with Crippen LogP contribution in [0.3, 0.4) is 0 Å². The van der Waals surface area contributed by atoms with Gasteiger partial charge in [0.2, 0.25) is 0 Å². The highest BCUT2D eigenvalue weighted by Gasteiger charge is 2.23. The van der Waals surface area contributed by atoms with E-state index in [1.165, 1.54) is 6.20 Å². The molecule has 0 saturated carbocycles. The first-order valence-corrected chi connectivity index (χ1v) is 7.57. The van der Waals surface area contributed by atoms with E-state index in [1.54, 1.807) is 23.2 Å². The number of piperidine rings is 1. The van der Waals surface area contributed by atoms with Crippen LogP contribution in [-0.4, -0.2) is 54.2 Å². The van der Waals surface area contributed by atoms with Gasteiger partial charge >= 0.3 is 6.09 Å². The second-order valence-electron chi connectivity index (χ2n) is 5.76. The monoisotopic (exact) mass is 335 g/mol. The molecule has 0 radical (unpaired) electrons. The molecule has 2 N–H and O–H groups in total. The maximum Gasteiger partial charge on any atom is 0.404 e. The van der Waals surface area contributed by atoms with Crippen LogP contribution in [0.2, 0.25) is 0 Å². The van der Waals surface area contributed by atoms with Gasteiger partial charge in [0, 0.05) is 40.0 Å². The van der Waals surface area contributed by atoms with Crippen molar-refractivity contribution < 1.29 is 14.5 Å². The van der Waals surface area contributed by atoms with E-state index in [1.807, 2.05) is 19.0 Å². The Labute approximate surface area is 139 Å². The third kappa shape index (κ3) is 4.58. The van der Waals surface area contributed by atoms with Crippen LogP contribution in [0.1, 0.15) is 18.4 Å². The average molecular weight is 335 g/mol. The van der Waals surface area contributed by atoms with Gasteiger partial charge in [0.1, 0.15) is 18.1 Å². The van der Waals surface area contributed by atoms with E-state index in [9.17, 15) is 14.9 Å². The van der Waals surface area contributed by atoms with Gasteiger partial charge in [-0.3, -0.25) is 10.1 Å². The van der Waals surface area contributed by atoms with E-state index in [4.69, 9.17) is 10.5 Å². The van der Waals surface area contributed by atoms with Crippen molar-refractivity contribution in [2.75, 3.05) is 32.1 Å². The Morgan fingerprint density at radius 1 is 1.50 bits per heavy atom. The fourth-order valence-electron chi connectivity index (χ4n) is 2.51. The van der Waals surface area contributed by atoms with Crippen molar-refractivity contribution in [3.8, 4) is 0 Å². The number of carbonyl (C=O) groups excluding carboxylic acids is 1.